The van der Waals surface area contributed by atoms with E-state index in [9.17, 15) is 4.79 Å². The fourth-order valence-electron chi connectivity index (χ4n) is 2.73. The lowest BCUT2D eigenvalue weighted by molar-refractivity contribution is -0.113. The Kier molecular flexibility index (Phi) is 7.56. The van der Waals surface area contributed by atoms with Crippen LogP contribution in [0.1, 0.15) is 12.7 Å². The second-order valence-corrected chi connectivity index (χ2v) is 7.09. The quantitative estimate of drug-likeness (QED) is 0.494. The van der Waals surface area contributed by atoms with Gasteiger partial charge in [0.1, 0.15) is 23.9 Å². The van der Waals surface area contributed by atoms with Crippen molar-refractivity contribution in [1.82, 2.24) is 14.8 Å². The van der Waals surface area contributed by atoms with E-state index in [0.29, 0.717) is 41.3 Å². The maximum atomic E-state index is 12.4. The van der Waals surface area contributed by atoms with E-state index in [0.717, 1.165) is 5.75 Å². The van der Waals surface area contributed by atoms with E-state index in [2.05, 4.69) is 15.5 Å². The Morgan fingerprint density at radius 1 is 1.07 bits per heavy atom. The molecule has 9 heteroatoms. The lowest BCUT2D eigenvalue weighted by atomic mass is 10.2. The zero-order valence-electron chi connectivity index (χ0n) is 17.1. The third-order valence-corrected chi connectivity index (χ3v) is 5.20. The van der Waals surface area contributed by atoms with Gasteiger partial charge in [-0.15, -0.1) is 10.2 Å². The minimum Gasteiger partial charge on any atom is -0.497 e. The highest BCUT2D eigenvalue weighted by atomic mass is 32.2. The van der Waals surface area contributed by atoms with Crippen LogP contribution in [0.3, 0.4) is 0 Å². The number of rotatable bonds is 10. The Balaban J connectivity index is 1.59. The van der Waals surface area contributed by atoms with Gasteiger partial charge in [0.2, 0.25) is 5.91 Å². The fourth-order valence-corrected chi connectivity index (χ4v) is 3.55. The van der Waals surface area contributed by atoms with Crippen molar-refractivity contribution in [2.75, 3.05) is 25.3 Å². The van der Waals surface area contributed by atoms with Crippen LogP contribution < -0.4 is 19.5 Å². The molecule has 1 aromatic heterocycles. The molecule has 0 spiro atoms. The van der Waals surface area contributed by atoms with E-state index in [4.69, 9.17) is 14.2 Å². The number of carbonyl (C=O) groups excluding carboxylic acids is 1. The van der Waals surface area contributed by atoms with E-state index in [-0.39, 0.29) is 11.7 Å². The Bertz CT molecular complexity index is 978. The number of ether oxygens (including phenoxy) is 3. The average Bonchev–Trinajstić information content (AvgIpc) is 3.19. The highest BCUT2D eigenvalue weighted by Crippen LogP contribution is 2.29. The Hall–Kier alpha value is -3.20. The van der Waals surface area contributed by atoms with Crippen LogP contribution in [0.5, 0.6) is 17.2 Å². The van der Waals surface area contributed by atoms with Gasteiger partial charge in [0, 0.05) is 12.6 Å². The molecule has 0 atom stereocenters. The SMILES string of the molecule is CCn1c(COc2ccccc2)nnc1SCC(=O)Nc1ccc(OC)cc1OC. The maximum absolute atomic E-state index is 12.4. The van der Waals surface area contributed by atoms with Crippen molar-refractivity contribution in [2.45, 2.75) is 25.2 Å². The number of nitrogens with one attached hydrogen (secondary N) is 1. The van der Waals surface area contributed by atoms with Crippen molar-refractivity contribution in [3.05, 3.63) is 54.4 Å². The van der Waals surface area contributed by atoms with Gasteiger partial charge in [-0.3, -0.25) is 4.79 Å². The molecule has 0 bridgehead atoms. The molecule has 0 aliphatic carbocycles. The minimum atomic E-state index is -0.170. The standard InChI is InChI=1S/C21H24N4O4S/c1-4-25-19(13-29-15-8-6-5-7-9-15)23-24-21(25)30-14-20(26)22-17-11-10-16(27-2)12-18(17)28-3/h5-12H,4,13-14H2,1-3H3,(H,22,26). The summed E-state index contributed by atoms with van der Waals surface area (Å²) >= 11 is 1.32. The Morgan fingerprint density at radius 2 is 1.87 bits per heavy atom. The zero-order chi connectivity index (χ0) is 21.3. The van der Waals surface area contributed by atoms with Crippen molar-refractivity contribution in [2.24, 2.45) is 0 Å². The van der Waals surface area contributed by atoms with Crippen LogP contribution in [-0.2, 0) is 17.9 Å². The number of methoxy groups -OCH3 is 2. The average molecular weight is 429 g/mol. The summed E-state index contributed by atoms with van der Waals surface area (Å²) in [6.45, 7) is 2.99. The number of anilines is 1. The first-order valence-corrected chi connectivity index (χ1v) is 10.4. The zero-order valence-corrected chi connectivity index (χ0v) is 17.9. The van der Waals surface area contributed by atoms with Gasteiger partial charge in [-0.1, -0.05) is 30.0 Å². The molecule has 0 aliphatic rings. The first kappa shape index (κ1) is 21.5. The molecule has 3 rings (SSSR count). The van der Waals surface area contributed by atoms with Crippen LogP contribution in [-0.4, -0.2) is 40.6 Å². The number of thioether (sulfide) groups is 1. The van der Waals surface area contributed by atoms with Crippen molar-refractivity contribution >= 4 is 23.4 Å². The third kappa shape index (κ3) is 5.44. The van der Waals surface area contributed by atoms with Crippen LogP contribution >= 0.6 is 11.8 Å². The highest BCUT2D eigenvalue weighted by molar-refractivity contribution is 7.99. The van der Waals surface area contributed by atoms with Gasteiger partial charge < -0.3 is 24.1 Å². The number of hydrogen-bond acceptors (Lipinski definition) is 7. The predicted octanol–water partition coefficient (Wildman–Crippen LogP) is 3.63. The van der Waals surface area contributed by atoms with Gasteiger partial charge in [-0.05, 0) is 31.2 Å². The summed E-state index contributed by atoms with van der Waals surface area (Å²) in [4.78, 5) is 12.4. The summed E-state index contributed by atoms with van der Waals surface area (Å²) in [6, 6.07) is 14.8. The molecule has 158 valence electrons. The molecule has 0 radical (unpaired) electrons. The molecule has 30 heavy (non-hydrogen) atoms. The summed E-state index contributed by atoms with van der Waals surface area (Å²) < 4.78 is 18.2. The van der Waals surface area contributed by atoms with Crippen molar-refractivity contribution in [3.63, 3.8) is 0 Å². The molecular formula is C21H24N4O4S. The van der Waals surface area contributed by atoms with Gasteiger partial charge >= 0.3 is 0 Å². The van der Waals surface area contributed by atoms with Crippen molar-refractivity contribution in [1.29, 1.82) is 0 Å². The summed E-state index contributed by atoms with van der Waals surface area (Å²) in [6.07, 6.45) is 0. The number of nitrogens with zero attached hydrogens (tertiary/aromatic N) is 3. The van der Waals surface area contributed by atoms with Crippen molar-refractivity contribution in [3.8, 4) is 17.2 Å². The minimum absolute atomic E-state index is 0.170. The van der Waals surface area contributed by atoms with Crippen LogP contribution in [0.15, 0.2) is 53.7 Å². The monoisotopic (exact) mass is 428 g/mol. The largest absolute Gasteiger partial charge is 0.497 e. The van der Waals surface area contributed by atoms with Gasteiger partial charge in [-0.25, -0.2) is 0 Å². The molecule has 2 aromatic carbocycles. The molecule has 1 amide bonds. The summed E-state index contributed by atoms with van der Waals surface area (Å²) in [5.41, 5.74) is 0.581. The fraction of sp³-hybridized carbons (Fsp3) is 0.286. The lowest BCUT2D eigenvalue weighted by Gasteiger charge is -2.12. The number of carbonyl (C=O) groups is 1. The molecule has 1 heterocycles. The van der Waals surface area contributed by atoms with E-state index in [1.807, 2.05) is 41.8 Å². The van der Waals surface area contributed by atoms with Crippen LogP contribution in [0.25, 0.3) is 0 Å². The molecule has 0 aliphatic heterocycles. The molecule has 0 saturated carbocycles. The van der Waals surface area contributed by atoms with Gasteiger partial charge in [-0.2, -0.15) is 0 Å². The molecule has 0 fully saturated rings. The number of hydrogen-bond donors (Lipinski definition) is 1. The first-order valence-electron chi connectivity index (χ1n) is 9.39. The highest BCUT2D eigenvalue weighted by Gasteiger charge is 2.15. The summed E-state index contributed by atoms with van der Waals surface area (Å²) in [5.74, 6) is 2.68. The Labute approximate surface area is 179 Å². The molecule has 3 aromatic rings. The summed E-state index contributed by atoms with van der Waals surface area (Å²) in [5, 5.41) is 11.9. The maximum Gasteiger partial charge on any atom is 0.234 e. The smallest absolute Gasteiger partial charge is 0.234 e. The number of para-hydroxylation sites is 1. The lowest BCUT2D eigenvalue weighted by Crippen LogP contribution is -2.15. The van der Waals surface area contributed by atoms with Crippen LogP contribution in [0.4, 0.5) is 5.69 Å². The van der Waals surface area contributed by atoms with E-state index in [1.54, 1.807) is 32.4 Å². The van der Waals surface area contributed by atoms with Gasteiger partial charge in [0.25, 0.3) is 0 Å². The van der Waals surface area contributed by atoms with E-state index in [1.165, 1.54) is 11.8 Å². The predicted molar refractivity (Wildman–Crippen MR) is 115 cm³/mol. The molecule has 8 nitrogen and oxygen atoms in total. The molecule has 1 N–H and O–H groups in total. The second-order valence-electron chi connectivity index (χ2n) is 6.15. The first-order chi connectivity index (χ1) is 14.6. The number of benzene rings is 2. The third-order valence-electron chi connectivity index (χ3n) is 4.24. The van der Waals surface area contributed by atoms with Crippen molar-refractivity contribution < 1.29 is 19.0 Å². The Morgan fingerprint density at radius 3 is 2.57 bits per heavy atom. The van der Waals surface area contributed by atoms with Crippen LogP contribution in [0.2, 0.25) is 0 Å². The molecule has 0 unspecified atom stereocenters. The summed E-state index contributed by atoms with van der Waals surface area (Å²) in [7, 11) is 3.12. The van der Waals surface area contributed by atoms with E-state index < -0.39 is 0 Å². The molecule has 0 saturated heterocycles. The van der Waals surface area contributed by atoms with Gasteiger partial charge in [0.05, 0.1) is 25.7 Å². The van der Waals surface area contributed by atoms with E-state index >= 15 is 0 Å². The second kappa shape index (κ2) is 10.5. The number of amides is 1. The van der Waals surface area contributed by atoms with Crippen LogP contribution in [0, 0.1) is 0 Å². The topological polar surface area (TPSA) is 87.5 Å². The van der Waals surface area contributed by atoms with Gasteiger partial charge in [0.15, 0.2) is 11.0 Å². The number of aromatic nitrogens is 3. The normalized spacial score (nSPS) is 10.5. The molecular weight excluding hydrogens is 404 g/mol.